The molecule has 0 fully saturated rings. The van der Waals surface area contributed by atoms with E-state index < -0.39 is 12.1 Å². The number of carboxylic acid groups (broad SMARTS) is 1. The average molecular weight is 317 g/mol. The molecule has 2 heterocycles. The first-order valence-electron chi connectivity index (χ1n) is 4.71. The summed E-state index contributed by atoms with van der Waals surface area (Å²) < 4.78 is 0.896. The molecule has 1 unspecified atom stereocenters. The summed E-state index contributed by atoms with van der Waals surface area (Å²) >= 11 is 4.76. The van der Waals surface area contributed by atoms with Gasteiger partial charge in [-0.15, -0.1) is 11.3 Å². The second kappa shape index (κ2) is 4.59. The van der Waals surface area contributed by atoms with E-state index in [2.05, 4.69) is 25.9 Å². The van der Waals surface area contributed by atoms with Crippen molar-refractivity contribution in [3.8, 4) is 0 Å². The number of thiophene rings is 1. The fourth-order valence-electron chi connectivity index (χ4n) is 1.44. The van der Waals surface area contributed by atoms with Gasteiger partial charge in [0, 0.05) is 14.2 Å². The molecule has 0 spiro atoms. The van der Waals surface area contributed by atoms with E-state index in [0.717, 1.165) is 9.35 Å². The van der Waals surface area contributed by atoms with Gasteiger partial charge in [-0.2, -0.15) is 0 Å². The average Bonchev–Trinajstić information content (AvgIpc) is 2.85. The Hall–Kier alpha value is -1.18. The topological polar surface area (TPSA) is 86.2 Å². The zero-order valence-corrected chi connectivity index (χ0v) is 11.2. The summed E-state index contributed by atoms with van der Waals surface area (Å²) in [7, 11) is 0. The fraction of sp³-hybridized carbons (Fsp3) is 0.200. The van der Waals surface area contributed by atoms with Crippen molar-refractivity contribution < 1.29 is 15.0 Å². The predicted octanol–water partition coefficient (Wildman–Crippen LogP) is 2.32. The number of nitrogens with zero attached hydrogens (tertiary/aromatic N) is 1. The Balaban J connectivity index is 2.40. The SMILES string of the molecule is Cc1sc(C(O)c2[nH]cnc2C(=O)O)cc1Br. The maximum absolute atomic E-state index is 10.9. The first-order valence-corrected chi connectivity index (χ1v) is 6.32. The van der Waals surface area contributed by atoms with Gasteiger partial charge >= 0.3 is 5.97 Å². The summed E-state index contributed by atoms with van der Waals surface area (Å²) in [5.74, 6) is -1.16. The van der Waals surface area contributed by atoms with Crippen molar-refractivity contribution in [2.24, 2.45) is 0 Å². The summed E-state index contributed by atoms with van der Waals surface area (Å²) in [5, 5.41) is 19.0. The Bertz CT molecular complexity index is 544. The number of aryl methyl sites for hydroxylation is 1. The van der Waals surface area contributed by atoms with Gasteiger partial charge in [0.2, 0.25) is 0 Å². The van der Waals surface area contributed by atoms with Gasteiger partial charge < -0.3 is 15.2 Å². The van der Waals surface area contributed by atoms with E-state index in [1.807, 2.05) is 6.92 Å². The number of hydrogen-bond donors (Lipinski definition) is 3. The number of hydrogen-bond acceptors (Lipinski definition) is 4. The summed E-state index contributed by atoms with van der Waals surface area (Å²) in [6.45, 7) is 1.91. The van der Waals surface area contributed by atoms with Crippen LogP contribution < -0.4 is 0 Å². The van der Waals surface area contributed by atoms with Crippen molar-refractivity contribution in [2.45, 2.75) is 13.0 Å². The number of nitrogens with one attached hydrogen (secondary N) is 1. The lowest BCUT2D eigenvalue weighted by Gasteiger charge is -2.06. The van der Waals surface area contributed by atoms with Gasteiger partial charge in [-0.05, 0) is 28.9 Å². The number of H-pyrrole nitrogens is 1. The molecule has 0 saturated carbocycles. The van der Waals surface area contributed by atoms with E-state index in [-0.39, 0.29) is 11.4 Å². The molecule has 0 radical (unpaired) electrons. The minimum absolute atomic E-state index is 0.153. The Labute approximate surface area is 109 Å². The molecule has 1 atom stereocenters. The number of imidazole rings is 1. The number of aromatic carboxylic acids is 1. The highest BCUT2D eigenvalue weighted by Gasteiger charge is 2.23. The summed E-state index contributed by atoms with van der Waals surface area (Å²) in [6.07, 6.45) is 0.260. The van der Waals surface area contributed by atoms with E-state index in [0.29, 0.717) is 4.88 Å². The van der Waals surface area contributed by atoms with Crippen LogP contribution in [0.2, 0.25) is 0 Å². The molecule has 90 valence electrons. The van der Waals surface area contributed by atoms with E-state index in [4.69, 9.17) is 5.11 Å². The van der Waals surface area contributed by atoms with Crippen LogP contribution in [0.25, 0.3) is 0 Å². The van der Waals surface area contributed by atoms with Crippen LogP contribution in [-0.2, 0) is 0 Å². The lowest BCUT2D eigenvalue weighted by Crippen LogP contribution is -2.07. The lowest BCUT2D eigenvalue weighted by atomic mass is 10.2. The Kier molecular flexibility index (Phi) is 3.32. The third kappa shape index (κ3) is 2.26. The van der Waals surface area contributed by atoms with E-state index in [1.165, 1.54) is 17.7 Å². The minimum atomic E-state index is -1.16. The molecule has 17 heavy (non-hydrogen) atoms. The van der Waals surface area contributed by atoms with Crippen molar-refractivity contribution >= 4 is 33.2 Å². The smallest absolute Gasteiger partial charge is 0.356 e. The summed E-state index contributed by atoms with van der Waals surface area (Å²) in [4.78, 5) is 18.9. The second-order valence-electron chi connectivity index (χ2n) is 3.43. The van der Waals surface area contributed by atoms with Crippen LogP contribution in [0.4, 0.5) is 0 Å². The molecule has 7 heteroatoms. The van der Waals surface area contributed by atoms with Gasteiger partial charge in [-0.25, -0.2) is 9.78 Å². The molecule has 3 N–H and O–H groups in total. The molecule has 5 nitrogen and oxygen atoms in total. The Morgan fingerprint density at radius 3 is 2.88 bits per heavy atom. The van der Waals surface area contributed by atoms with Crippen LogP contribution >= 0.6 is 27.3 Å². The summed E-state index contributed by atoms with van der Waals surface area (Å²) in [5.41, 5.74) is 0.0472. The first-order chi connectivity index (χ1) is 8.00. The Morgan fingerprint density at radius 2 is 2.35 bits per heavy atom. The van der Waals surface area contributed by atoms with Gasteiger partial charge in [0.15, 0.2) is 5.69 Å². The zero-order chi connectivity index (χ0) is 12.6. The largest absolute Gasteiger partial charge is 0.476 e. The Morgan fingerprint density at radius 1 is 1.65 bits per heavy atom. The highest BCUT2D eigenvalue weighted by atomic mass is 79.9. The van der Waals surface area contributed by atoms with Crippen molar-refractivity contribution in [1.29, 1.82) is 0 Å². The molecule has 2 rings (SSSR count). The number of rotatable bonds is 3. The van der Waals surface area contributed by atoms with Crippen LogP contribution in [0.5, 0.6) is 0 Å². The highest BCUT2D eigenvalue weighted by molar-refractivity contribution is 9.10. The van der Waals surface area contributed by atoms with Crippen molar-refractivity contribution in [1.82, 2.24) is 9.97 Å². The second-order valence-corrected chi connectivity index (χ2v) is 5.57. The molecule has 0 aromatic carbocycles. The molecule has 0 aliphatic heterocycles. The van der Waals surface area contributed by atoms with Crippen molar-refractivity contribution in [3.05, 3.63) is 38.0 Å². The normalized spacial score (nSPS) is 12.6. The minimum Gasteiger partial charge on any atom is -0.476 e. The third-order valence-electron chi connectivity index (χ3n) is 2.29. The molecular formula is C10H9BrN2O3S. The molecule has 0 aliphatic carbocycles. The molecule has 2 aromatic rings. The number of halogens is 1. The van der Waals surface area contributed by atoms with Crippen LogP contribution in [0.1, 0.15) is 32.0 Å². The van der Waals surface area contributed by atoms with Crippen molar-refractivity contribution in [3.63, 3.8) is 0 Å². The van der Waals surface area contributed by atoms with Crippen LogP contribution in [0.15, 0.2) is 16.9 Å². The van der Waals surface area contributed by atoms with Crippen LogP contribution in [0.3, 0.4) is 0 Å². The summed E-state index contributed by atoms with van der Waals surface area (Å²) in [6, 6.07) is 1.77. The lowest BCUT2D eigenvalue weighted by molar-refractivity contribution is 0.0685. The quantitative estimate of drug-likeness (QED) is 0.811. The number of carbonyl (C=O) groups is 1. The zero-order valence-electron chi connectivity index (χ0n) is 8.77. The molecule has 0 bridgehead atoms. The number of aromatic amines is 1. The van der Waals surface area contributed by atoms with Crippen molar-refractivity contribution in [2.75, 3.05) is 0 Å². The van der Waals surface area contributed by atoms with Crippen LogP contribution in [-0.4, -0.2) is 26.2 Å². The van der Waals surface area contributed by atoms with E-state index in [1.54, 1.807) is 6.07 Å². The van der Waals surface area contributed by atoms with Crippen LogP contribution in [0, 0.1) is 6.92 Å². The molecule has 0 aliphatic rings. The molecule has 0 amide bonds. The fourth-order valence-corrected chi connectivity index (χ4v) is 3.00. The molecule has 2 aromatic heterocycles. The highest BCUT2D eigenvalue weighted by Crippen LogP contribution is 2.33. The van der Waals surface area contributed by atoms with E-state index >= 15 is 0 Å². The van der Waals surface area contributed by atoms with Gasteiger partial charge in [0.25, 0.3) is 0 Å². The first kappa shape index (κ1) is 12.3. The van der Waals surface area contributed by atoms with E-state index in [9.17, 15) is 9.90 Å². The maximum atomic E-state index is 10.9. The predicted molar refractivity (Wildman–Crippen MR) is 66.4 cm³/mol. The van der Waals surface area contributed by atoms with Gasteiger partial charge in [0.05, 0.1) is 12.0 Å². The number of aliphatic hydroxyl groups excluding tert-OH is 1. The number of carboxylic acids is 1. The van der Waals surface area contributed by atoms with Gasteiger partial charge in [-0.3, -0.25) is 0 Å². The number of aliphatic hydroxyl groups is 1. The molecular weight excluding hydrogens is 308 g/mol. The monoisotopic (exact) mass is 316 g/mol. The standard InChI is InChI=1S/C10H9BrN2O3S/c1-4-5(11)2-6(17-4)9(14)7-8(10(15)16)13-3-12-7/h2-3,9,14H,1H3,(H,12,13)(H,15,16). The third-order valence-corrected chi connectivity index (χ3v) is 4.48. The number of aromatic nitrogens is 2. The maximum Gasteiger partial charge on any atom is 0.356 e. The molecule has 0 saturated heterocycles. The van der Waals surface area contributed by atoms with Gasteiger partial charge in [-0.1, -0.05) is 0 Å². The van der Waals surface area contributed by atoms with Gasteiger partial charge in [0.1, 0.15) is 6.10 Å².